The molecular formula is C24H33Cl2N3O2-2. The summed E-state index contributed by atoms with van der Waals surface area (Å²) in [5, 5.41) is 3.16. The van der Waals surface area contributed by atoms with Crippen molar-refractivity contribution in [2.75, 3.05) is 44.7 Å². The van der Waals surface area contributed by atoms with Gasteiger partial charge in [0.1, 0.15) is 5.75 Å². The lowest BCUT2D eigenvalue weighted by Crippen LogP contribution is -3.00. The summed E-state index contributed by atoms with van der Waals surface area (Å²) in [6.07, 6.45) is 0. The van der Waals surface area contributed by atoms with E-state index >= 15 is 0 Å². The zero-order valence-electron chi connectivity index (χ0n) is 18.8. The summed E-state index contributed by atoms with van der Waals surface area (Å²) in [5.41, 5.74) is 1.97. The summed E-state index contributed by atoms with van der Waals surface area (Å²) >= 11 is 0. The van der Waals surface area contributed by atoms with Gasteiger partial charge in [0.05, 0.1) is 18.7 Å². The lowest BCUT2D eigenvalue weighted by Gasteiger charge is -2.38. The van der Waals surface area contributed by atoms with E-state index < -0.39 is 0 Å². The number of nitrogens with one attached hydrogen (secondary N) is 1. The third kappa shape index (κ3) is 7.60. The minimum absolute atomic E-state index is 0. The minimum atomic E-state index is -0.243. The number of benzene rings is 2. The Balaban J connectivity index is 0.00000240. The van der Waals surface area contributed by atoms with Gasteiger partial charge in [-0.05, 0) is 38.5 Å². The number of carbonyl (C=O) groups excluding carboxylic acids is 1. The molecule has 0 aliphatic carbocycles. The average Bonchev–Trinajstić information content (AvgIpc) is 2.72. The molecule has 1 aliphatic rings. The molecule has 1 aliphatic heterocycles. The molecule has 1 fully saturated rings. The molecule has 2 aromatic rings. The Labute approximate surface area is 199 Å². The van der Waals surface area contributed by atoms with E-state index in [4.69, 9.17) is 4.74 Å². The van der Waals surface area contributed by atoms with Crippen molar-refractivity contribution in [1.29, 1.82) is 0 Å². The fourth-order valence-corrected chi connectivity index (χ4v) is 3.80. The number of piperazine rings is 1. The van der Waals surface area contributed by atoms with Crippen LogP contribution in [0.3, 0.4) is 0 Å². The van der Waals surface area contributed by atoms with Crippen molar-refractivity contribution in [3.05, 3.63) is 60.2 Å². The Morgan fingerprint density at radius 2 is 1.55 bits per heavy atom. The first-order valence-electron chi connectivity index (χ1n) is 10.3. The number of halogens is 2. The molecule has 5 nitrogen and oxygen atoms in total. The van der Waals surface area contributed by atoms with Crippen molar-refractivity contribution < 1.29 is 34.3 Å². The number of para-hydroxylation sites is 2. The Morgan fingerprint density at radius 1 is 0.968 bits per heavy atom. The summed E-state index contributed by atoms with van der Waals surface area (Å²) < 4.78 is 5.52. The van der Waals surface area contributed by atoms with E-state index in [0.717, 1.165) is 49.7 Å². The van der Waals surface area contributed by atoms with Crippen LogP contribution >= 0.6 is 0 Å². The monoisotopic (exact) mass is 465 g/mol. The van der Waals surface area contributed by atoms with Crippen molar-refractivity contribution >= 4 is 11.6 Å². The van der Waals surface area contributed by atoms with Crippen molar-refractivity contribution in [1.82, 2.24) is 10.2 Å². The van der Waals surface area contributed by atoms with Gasteiger partial charge in [0.15, 0.2) is 0 Å². The van der Waals surface area contributed by atoms with E-state index in [2.05, 4.69) is 33.3 Å². The molecule has 31 heavy (non-hydrogen) atoms. The van der Waals surface area contributed by atoms with Gasteiger partial charge in [-0.2, -0.15) is 0 Å². The maximum absolute atomic E-state index is 13.0. The second kappa shape index (κ2) is 12.2. The molecule has 1 heterocycles. The zero-order chi connectivity index (χ0) is 20.9. The van der Waals surface area contributed by atoms with E-state index in [0.29, 0.717) is 0 Å². The first kappa shape index (κ1) is 27.1. The van der Waals surface area contributed by atoms with Gasteiger partial charge in [0, 0.05) is 38.3 Å². The molecule has 1 atom stereocenters. The van der Waals surface area contributed by atoms with E-state index in [1.807, 2.05) is 57.2 Å². The van der Waals surface area contributed by atoms with Gasteiger partial charge in [0.25, 0.3) is 0 Å². The highest BCUT2D eigenvalue weighted by atomic mass is 35.5. The standard InChI is InChI=1S/C24H33N3O2.2ClH/c1-24(2,3)25-23(28)20(19-10-6-5-7-11-19)18-26-14-16-27(17-15-26)21-12-8-9-13-22(21)29-4;;/h5-13,20H,14-18H2,1-4H3,(H,25,28);2*1H/p-2. The Hall–Kier alpha value is -1.95. The van der Waals surface area contributed by atoms with Crippen LogP contribution in [0.15, 0.2) is 54.6 Å². The molecule has 172 valence electrons. The first-order valence-corrected chi connectivity index (χ1v) is 10.3. The fourth-order valence-electron chi connectivity index (χ4n) is 3.80. The van der Waals surface area contributed by atoms with Crippen LogP contribution < -0.4 is 39.8 Å². The number of carbonyl (C=O) groups is 1. The molecule has 3 rings (SSSR count). The normalized spacial score (nSPS) is 15.3. The maximum Gasteiger partial charge on any atom is 0.229 e. The van der Waals surface area contributed by atoms with Crippen molar-refractivity contribution in [2.45, 2.75) is 32.2 Å². The third-order valence-corrected chi connectivity index (χ3v) is 5.26. The maximum atomic E-state index is 13.0. The lowest BCUT2D eigenvalue weighted by molar-refractivity contribution is -0.124. The smallest absolute Gasteiger partial charge is 0.229 e. The second-order valence-corrected chi connectivity index (χ2v) is 8.66. The Kier molecular flexibility index (Phi) is 10.6. The van der Waals surface area contributed by atoms with Crippen LogP contribution in [0, 0.1) is 0 Å². The van der Waals surface area contributed by atoms with E-state index in [1.54, 1.807) is 7.11 Å². The molecule has 0 saturated carbocycles. The van der Waals surface area contributed by atoms with Crippen molar-refractivity contribution in [3.8, 4) is 5.75 Å². The van der Waals surface area contributed by atoms with Crippen molar-refractivity contribution in [2.24, 2.45) is 0 Å². The molecule has 0 aromatic heterocycles. The van der Waals surface area contributed by atoms with Gasteiger partial charge in [-0.25, -0.2) is 0 Å². The number of anilines is 1. The van der Waals surface area contributed by atoms with Crippen LogP contribution in [0.4, 0.5) is 5.69 Å². The number of hydrogen-bond acceptors (Lipinski definition) is 4. The third-order valence-electron chi connectivity index (χ3n) is 5.26. The molecule has 1 amide bonds. The van der Waals surface area contributed by atoms with Crippen LogP contribution in [0.1, 0.15) is 32.3 Å². The topological polar surface area (TPSA) is 44.8 Å². The molecule has 0 radical (unpaired) electrons. The van der Waals surface area contributed by atoms with Crippen LogP contribution in [0.2, 0.25) is 0 Å². The van der Waals surface area contributed by atoms with Crippen LogP contribution in [-0.2, 0) is 4.79 Å². The highest BCUT2D eigenvalue weighted by molar-refractivity contribution is 5.84. The van der Waals surface area contributed by atoms with E-state index in [9.17, 15) is 4.79 Å². The van der Waals surface area contributed by atoms with Gasteiger partial charge in [-0.1, -0.05) is 42.5 Å². The number of rotatable bonds is 6. The molecule has 1 unspecified atom stereocenters. The summed E-state index contributed by atoms with van der Waals surface area (Å²) in [4.78, 5) is 17.8. The van der Waals surface area contributed by atoms with Gasteiger partial charge < -0.3 is 39.8 Å². The van der Waals surface area contributed by atoms with Gasteiger partial charge in [-0.3, -0.25) is 9.69 Å². The minimum Gasteiger partial charge on any atom is -1.00 e. The Bertz CT molecular complexity index is 804. The van der Waals surface area contributed by atoms with E-state index in [1.165, 1.54) is 0 Å². The predicted molar refractivity (Wildman–Crippen MR) is 119 cm³/mol. The molecule has 0 spiro atoms. The Morgan fingerprint density at radius 3 is 2.13 bits per heavy atom. The number of methoxy groups -OCH3 is 1. The lowest BCUT2D eigenvalue weighted by atomic mass is 9.95. The quantitative estimate of drug-likeness (QED) is 0.513. The van der Waals surface area contributed by atoms with Crippen molar-refractivity contribution in [3.63, 3.8) is 0 Å². The number of ether oxygens (including phenoxy) is 1. The molecule has 2 aromatic carbocycles. The van der Waals surface area contributed by atoms with Gasteiger partial charge in [-0.15, -0.1) is 0 Å². The zero-order valence-corrected chi connectivity index (χ0v) is 20.3. The SMILES string of the molecule is COc1ccccc1N1CCN(CC(C(=O)NC(C)(C)C)c2ccccc2)CC1.[Cl-].[Cl-]. The fraction of sp³-hybridized carbons (Fsp3) is 0.458. The number of amides is 1. The molecular weight excluding hydrogens is 433 g/mol. The van der Waals surface area contributed by atoms with Crippen LogP contribution in [-0.4, -0.2) is 56.2 Å². The van der Waals surface area contributed by atoms with Crippen LogP contribution in [0.5, 0.6) is 5.75 Å². The number of hydrogen-bond donors (Lipinski definition) is 1. The molecule has 0 bridgehead atoms. The number of nitrogens with zero attached hydrogens (tertiary/aromatic N) is 2. The highest BCUT2D eigenvalue weighted by Gasteiger charge is 2.28. The summed E-state index contributed by atoms with van der Waals surface area (Å²) in [6, 6.07) is 18.3. The summed E-state index contributed by atoms with van der Waals surface area (Å²) in [6.45, 7) is 10.5. The summed E-state index contributed by atoms with van der Waals surface area (Å²) in [5.74, 6) is 0.830. The van der Waals surface area contributed by atoms with Gasteiger partial charge >= 0.3 is 0 Å². The first-order chi connectivity index (χ1) is 13.9. The summed E-state index contributed by atoms with van der Waals surface area (Å²) in [7, 11) is 1.72. The van der Waals surface area contributed by atoms with Gasteiger partial charge in [0.2, 0.25) is 5.91 Å². The average molecular weight is 466 g/mol. The van der Waals surface area contributed by atoms with E-state index in [-0.39, 0.29) is 42.2 Å². The highest BCUT2D eigenvalue weighted by Crippen LogP contribution is 2.29. The largest absolute Gasteiger partial charge is 1.00 e. The predicted octanol–water partition coefficient (Wildman–Crippen LogP) is -2.48. The molecule has 7 heteroatoms. The molecule has 1 N–H and O–H groups in total. The second-order valence-electron chi connectivity index (χ2n) is 8.66. The van der Waals surface area contributed by atoms with Crippen LogP contribution in [0.25, 0.3) is 0 Å². The molecule has 1 saturated heterocycles.